The van der Waals surface area contributed by atoms with Crippen molar-refractivity contribution in [2.24, 2.45) is 4.99 Å². The second kappa shape index (κ2) is 11.2. The molecule has 0 aliphatic carbocycles. The predicted octanol–water partition coefficient (Wildman–Crippen LogP) is 11.3. The molecule has 0 radical (unpaired) electrons. The summed E-state index contributed by atoms with van der Waals surface area (Å²) in [4.78, 5) is 8.58. The van der Waals surface area contributed by atoms with Crippen LogP contribution in [-0.4, -0.2) is 5.16 Å². The minimum absolute atomic E-state index is 0.773. The zero-order chi connectivity index (χ0) is 28.3. The largest absolute Gasteiger partial charge is 0.454 e. The third-order valence-corrected chi connectivity index (χ3v) is 7.39. The van der Waals surface area contributed by atoms with Gasteiger partial charge in [-0.25, -0.2) is 0 Å². The van der Waals surface area contributed by atoms with Crippen molar-refractivity contribution < 1.29 is 4.42 Å². The van der Waals surface area contributed by atoms with Crippen LogP contribution in [0.4, 0.5) is 39.8 Å². The average Bonchev–Trinajstić information content (AvgIpc) is 3.44. The van der Waals surface area contributed by atoms with Crippen molar-refractivity contribution in [3.63, 3.8) is 0 Å². The van der Waals surface area contributed by atoms with Gasteiger partial charge >= 0.3 is 0 Å². The van der Waals surface area contributed by atoms with E-state index in [2.05, 4.69) is 111 Å². The number of aliphatic imine (C=N–C) groups is 1. The van der Waals surface area contributed by atoms with Gasteiger partial charge in [0.15, 0.2) is 5.58 Å². The first kappa shape index (κ1) is 25.5. The van der Waals surface area contributed by atoms with E-state index < -0.39 is 0 Å². The molecule has 1 aromatic heterocycles. The normalized spacial score (nSPS) is 10.9. The molecule has 0 atom stereocenters. The summed E-state index contributed by atoms with van der Waals surface area (Å²) in [6, 6.07) is 51.9. The van der Waals surface area contributed by atoms with Crippen molar-refractivity contribution in [3.05, 3.63) is 152 Å². The molecule has 4 nitrogen and oxygen atoms in total. The number of furan rings is 1. The van der Waals surface area contributed by atoms with Crippen molar-refractivity contribution in [1.82, 2.24) is 0 Å². The van der Waals surface area contributed by atoms with Crippen molar-refractivity contribution in [2.75, 3.05) is 9.80 Å². The lowest BCUT2D eigenvalue weighted by molar-refractivity contribution is 0.669. The zero-order valence-electron chi connectivity index (χ0n) is 22.6. The standard InChI is InChI=1S/C37H25N3OS/c42-26-38-27-18-20-30(21-19-27)39(28-10-3-1-4-11-28)31-22-24-32(25-23-31)40(29-12-5-2-6-13-29)35-16-9-15-34-33-14-7-8-17-36(33)41-37(34)35/h1-25H. The molecule has 0 amide bonds. The first-order valence-corrected chi connectivity index (χ1v) is 14.1. The summed E-state index contributed by atoms with van der Waals surface area (Å²) in [7, 11) is 0. The Labute approximate surface area is 249 Å². The van der Waals surface area contributed by atoms with E-state index in [1.165, 1.54) is 0 Å². The molecule has 200 valence electrons. The fourth-order valence-electron chi connectivity index (χ4n) is 5.42. The molecular formula is C37H25N3OS. The minimum atomic E-state index is 0.773. The lowest BCUT2D eigenvalue weighted by Crippen LogP contribution is -2.12. The molecule has 0 N–H and O–H groups in total. The third kappa shape index (κ3) is 4.73. The summed E-state index contributed by atoms with van der Waals surface area (Å²) >= 11 is 4.78. The van der Waals surface area contributed by atoms with Crippen LogP contribution in [-0.2, 0) is 0 Å². The van der Waals surface area contributed by atoms with Crippen molar-refractivity contribution in [2.45, 2.75) is 0 Å². The number of hydrogen-bond acceptors (Lipinski definition) is 5. The summed E-state index contributed by atoms with van der Waals surface area (Å²) in [5.74, 6) is 0. The molecule has 0 saturated heterocycles. The van der Waals surface area contributed by atoms with E-state index in [0.717, 1.165) is 61.8 Å². The van der Waals surface area contributed by atoms with Crippen LogP contribution in [0.25, 0.3) is 21.9 Å². The Hall–Kier alpha value is -5.48. The van der Waals surface area contributed by atoms with Gasteiger partial charge < -0.3 is 14.2 Å². The molecule has 0 aliphatic heterocycles. The van der Waals surface area contributed by atoms with Crippen molar-refractivity contribution in [3.8, 4) is 0 Å². The molecule has 0 aliphatic rings. The van der Waals surface area contributed by atoms with E-state index in [0.29, 0.717) is 0 Å². The Kier molecular flexibility index (Phi) is 6.79. The summed E-state index contributed by atoms with van der Waals surface area (Å²) in [5, 5.41) is 4.65. The smallest absolute Gasteiger partial charge is 0.159 e. The fourth-order valence-corrected chi connectivity index (χ4v) is 5.52. The molecule has 5 heteroatoms. The number of isothiocyanates is 1. The van der Waals surface area contributed by atoms with E-state index in [4.69, 9.17) is 16.6 Å². The SMILES string of the molecule is S=C=Nc1ccc(N(c2ccccc2)c2ccc(N(c3ccccc3)c3cccc4c3oc3ccccc34)cc2)cc1. The molecule has 0 unspecified atom stereocenters. The third-order valence-electron chi connectivity index (χ3n) is 7.30. The van der Waals surface area contributed by atoms with Gasteiger partial charge in [0.25, 0.3) is 0 Å². The van der Waals surface area contributed by atoms with Crippen molar-refractivity contribution in [1.29, 1.82) is 0 Å². The quantitative estimate of drug-likeness (QED) is 0.144. The number of para-hydroxylation sites is 4. The van der Waals surface area contributed by atoms with Gasteiger partial charge in [-0.15, -0.1) is 0 Å². The molecule has 7 aromatic rings. The van der Waals surface area contributed by atoms with Gasteiger partial charge in [-0.2, -0.15) is 4.99 Å². The first-order valence-electron chi connectivity index (χ1n) is 13.7. The monoisotopic (exact) mass is 559 g/mol. The number of anilines is 6. The Balaban J connectivity index is 1.35. The first-order chi connectivity index (χ1) is 20.8. The molecule has 6 aromatic carbocycles. The maximum Gasteiger partial charge on any atom is 0.159 e. The molecule has 7 rings (SSSR count). The topological polar surface area (TPSA) is 32.0 Å². The lowest BCUT2D eigenvalue weighted by atomic mass is 10.1. The summed E-state index contributed by atoms with van der Waals surface area (Å²) in [6.07, 6.45) is 0. The highest BCUT2D eigenvalue weighted by Gasteiger charge is 2.20. The molecule has 42 heavy (non-hydrogen) atoms. The molecule has 0 fully saturated rings. The minimum Gasteiger partial charge on any atom is -0.454 e. The van der Waals surface area contributed by atoms with Gasteiger partial charge in [0, 0.05) is 39.2 Å². The molecule has 0 saturated carbocycles. The maximum absolute atomic E-state index is 6.44. The Bertz CT molecular complexity index is 2030. The van der Waals surface area contributed by atoms with Crippen LogP contribution in [0, 0.1) is 0 Å². The van der Waals surface area contributed by atoms with Gasteiger partial charge in [-0.3, -0.25) is 0 Å². The number of benzene rings is 6. The van der Waals surface area contributed by atoms with Gasteiger partial charge in [0.05, 0.1) is 16.5 Å². The second-order valence-corrected chi connectivity index (χ2v) is 10.0. The molecule has 0 bridgehead atoms. The van der Waals surface area contributed by atoms with Crippen LogP contribution < -0.4 is 9.80 Å². The Morgan fingerprint density at radius 1 is 0.476 bits per heavy atom. The Morgan fingerprint density at radius 2 is 0.976 bits per heavy atom. The van der Waals surface area contributed by atoms with Crippen molar-refractivity contribution >= 4 is 79.1 Å². The zero-order valence-corrected chi connectivity index (χ0v) is 23.4. The van der Waals surface area contributed by atoms with E-state index in [1.807, 2.05) is 60.7 Å². The average molecular weight is 560 g/mol. The number of rotatable bonds is 7. The number of thiocarbonyl (C=S) groups is 1. The van der Waals surface area contributed by atoms with E-state index in [1.54, 1.807) is 0 Å². The summed E-state index contributed by atoms with van der Waals surface area (Å²) < 4.78 is 6.44. The van der Waals surface area contributed by atoms with E-state index >= 15 is 0 Å². The number of nitrogens with zero attached hydrogens (tertiary/aromatic N) is 3. The van der Waals surface area contributed by atoms with Crippen LogP contribution >= 0.6 is 12.2 Å². The van der Waals surface area contributed by atoms with Gasteiger partial charge in [-0.1, -0.05) is 66.7 Å². The van der Waals surface area contributed by atoms with Gasteiger partial charge in [-0.05, 0) is 97.1 Å². The second-order valence-electron chi connectivity index (χ2n) is 9.83. The van der Waals surface area contributed by atoms with E-state index in [-0.39, 0.29) is 0 Å². The highest BCUT2D eigenvalue weighted by Crippen LogP contribution is 2.43. The van der Waals surface area contributed by atoms with Crippen LogP contribution in [0.2, 0.25) is 0 Å². The van der Waals surface area contributed by atoms with Crippen LogP contribution in [0.5, 0.6) is 0 Å². The van der Waals surface area contributed by atoms with Gasteiger partial charge in [0.2, 0.25) is 0 Å². The fraction of sp³-hybridized carbons (Fsp3) is 0. The van der Waals surface area contributed by atoms with Crippen LogP contribution in [0.3, 0.4) is 0 Å². The predicted molar refractivity (Wildman–Crippen MR) is 178 cm³/mol. The maximum atomic E-state index is 6.44. The Morgan fingerprint density at radius 3 is 1.62 bits per heavy atom. The van der Waals surface area contributed by atoms with E-state index in [9.17, 15) is 0 Å². The molecular weight excluding hydrogens is 534 g/mol. The lowest BCUT2D eigenvalue weighted by Gasteiger charge is -2.28. The molecule has 0 spiro atoms. The van der Waals surface area contributed by atoms with Gasteiger partial charge in [0.1, 0.15) is 5.58 Å². The number of fused-ring (bicyclic) bond motifs is 3. The number of hydrogen-bond donors (Lipinski definition) is 0. The highest BCUT2D eigenvalue weighted by molar-refractivity contribution is 7.78. The van der Waals surface area contributed by atoms with Crippen LogP contribution in [0.1, 0.15) is 0 Å². The van der Waals surface area contributed by atoms with Crippen LogP contribution in [0.15, 0.2) is 161 Å². The summed E-state index contributed by atoms with van der Waals surface area (Å²) in [6.45, 7) is 0. The highest BCUT2D eigenvalue weighted by atomic mass is 32.1. The molecule has 1 heterocycles. The summed E-state index contributed by atoms with van der Waals surface area (Å²) in [5.41, 5.74) is 8.68.